The molecule has 0 atom stereocenters. The monoisotopic (exact) mass is 300 g/mol. The first kappa shape index (κ1) is 9.51. The summed E-state index contributed by atoms with van der Waals surface area (Å²) in [5.41, 5.74) is 1.04. The quantitative estimate of drug-likeness (QED) is 0.757. The molecule has 2 aromatic rings. The maximum absolute atomic E-state index is 13.4. The minimum atomic E-state index is -0.525. The summed E-state index contributed by atoms with van der Waals surface area (Å²) in [6.45, 7) is 0. The molecule has 0 bridgehead atoms. The third-order valence-electron chi connectivity index (χ3n) is 1.75. The van der Waals surface area contributed by atoms with Crippen LogP contribution in [-0.4, -0.2) is 9.97 Å². The molecule has 1 heterocycles. The Bertz CT molecular complexity index is 445. The van der Waals surface area contributed by atoms with E-state index in [1.54, 1.807) is 18.3 Å². The molecule has 0 saturated carbocycles. The normalized spacial score (nSPS) is 10.1. The van der Waals surface area contributed by atoms with Gasteiger partial charge in [0.25, 0.3) is 0 Å². The number of rotatable bonds is 1. The van der Waals surface area contributed by atoms with Crippen molar-refractivity contribution in [3.8, 4) is 11.3 Å². The third kappa shape index (κ3) is 1.89. The van der Waals surface area contributed by atoms with Gasteiger partial charge in [0, 0.05) is 5.56 Å². The molecule has 2 rings (SSSR count). The lowest BCUT2D eigenvalue weighted by molar-refractivity contribution is 0.578. The fraction of sp³-hybridized carbons (Fsp3) is 0. The fourth-order valence-corrected chi connectivity index (χ4v) is 1.49. The molecule has 4 heteroatoms. The standard InChI is InChI=1S/C10H6FIN2/c11-10-9(13-6-8(12)14-10)7-4-2-1-3-5-7/h1-6H. The van der Waals surface area contributed by atoms with Crippen LogP contribution in [0.25, 0.3) is 11.3 Å². The molecule has 0 N–H and O–H groups in total. The topological polar surface area (TPSA) is 25.8 Å². The van der Waals surface area contributed by atoms with E-state index in [2.05, 4.69) is 9.97 Å². The summed E-state index contributed by atoms with van der Waals surface area (Å²) in [7, 11) is 0. The highest BCUT2D eigenvalue weighted by Crippen LogP contribution is 2.18. The Kier molecular flexibility index (Phi) is 2.72. The van der Waals surface area contributed by atoms with E-state index in [0.717, 1.165) is 5.56 Å². The first-order valence-electron chi connectivity index (χ1n) is 4.01. The maximum Gasteiger partial charge on any atom is 0.240 e. The van der Waals surface area contributed by atoms with Gasteiger partial charge in [-0.1, -0.05) is 30.3 Å². The third-order valence-corrected chi connectivity index (χ3v) is 2.27. The lowest BCUT2D eigenvalue weighted by Crippen LogP contribution is -1.94. The van der Waals surface area contributed by atoms with Crippen molar-refractivity contribution in [2.45, 2.75) is 0 Å². The Morgan fingerprint density at radius 1 is 1.14 bits per heavy atom. The van der Waals surface area contributed by atoms with Gasteiger partial charge in [-0.05, 0) is 22.6 Å². The van der Waals surface area contributed by atoms with Crippen LogP contribution in [0.2, 0.25) is 0 Å². The average molecular weight is 300 g/mol. The summed E-state index contributed by atoms with van der Waals surface area (Å²) in [6, 6.07) is 9.17. The second-order valence-corrected chi connectivity index (χ2v) is 3.80. The van der Waals surface area contributed by atoms with Crippen LogP contribution in [0.5, 0.6) is 0 Å². The largest absolute Gasteiger partial charge is 0.249 e. The van der Waals surface area contributed by atoms with Crippen molar-refractivity contribution in [1.29, 1.82) is 0 Å². The molecule has 0 fully saturated rings. The van der Waals surface area contributed by atoms with Crippen LogP contribution in [0.4, 0.5) is 4.39 Å². The molecule has 0 radical (unpaired) electrons. The van der Waals surface area contributed by atoms with Gasteiger partial charge in [0.05, 0.1) is 6.20 Å². The van der Waals surface area contributed by atoms with Crippen LogP contribution >= 0.6 is 22.6 Å². The van der Waals surface area contributed by atoms with Crippen LogP contribution in [0, 0.1) is 9.65 Å². The average Bonchev–Trinajstić information content (AvgIpc) is 2.19. The molecule has 1 aromatic heterocycles. The molecule has 70 valence electrons. The zero-order valence-corrected chi connectivity index (χ0v) is 9.27. The van der Waals surface area contributed by atoms with E-state index in [4.69, 9.17) is 0 Å². The van der Waals surface area contributed by atoms with Gasteiger partial charge in [0.15, 0.2) is 0 Å². The molecule has 0 aliphatic rings. The number of hydrogen-bond acceptors (Lipinski definition) is 2. The smallest absolute Gasteiger partial charge is 0.240 e. The Morgan fingerprint density at radius 2 is 1.86 bits per heavy atom. The summed E-state index contributed by atoms with van der Waals surface area (Å²) in [5.74, 6) is -0.525. The van der Waals surface area contributed by atoms with Gasteiger partial charge < -0.3 is 0 Å². The highest BCUT2D eigenvalue weighted by atomic mass is 127. The Balaban J connectivity index is 2.53. The van der Waals surface area contributed by atoms with Crippen molar-refractivity contribution in [1.82, 2.24) is 9.97 Å². The van der Waals surface area contributed by atoms with Gasteiger partial charge in [-0.2, -0.15) is 4.39 Å². The number of benzene rings is 1. The van der Waals surface area contributed by atoms with E-state index in [1.807, 2.05) is 40.8 Å². The number of aromatic nitrogens is 2. The Labute approximate surface area is 94.4 Å². The molecule has 1 aromatic carbocycles. The summed E-state index contributed by atoms with van der Waals surface area (Å²) >= 11 is 1.93. The highest BCUT2D eigenvalue weighted by Gasteiger charge is 2.07. The first-order chi connectivity index (χ1) is 6.77. The number of halogens is 2. The summed E-state index contributed by atoms with van der Waals surface area (Å²) in [6.07, 6.45) is 1.55. The van der Waals surface area contributed by atoms with Gasteiger partial charge in [-0.15, -0.1) is 0 Å². The SMILES string of the molecule is Fc1nc(I)cnc1-c1ccccc1. The molecular weight excluding hydrogens is 294 g/mol. The minimum Gasteiger partial charge on any atom is -0.249 e. The van der Waals surface area contributed by atoms with Gasteiger partial charge in [-0.25, -0.2) is 9.97 Å². The van der Waals surface area contributed by atoms with Crippen LogP contribution in [-0.2, 0) is 0 Å². The molecule has 14 heavy (non-hydrogen) atoms. The molecule has 0 amide bonds. The second kappa shape index (κ2) is 4.00. The lowest BCUT2D eigenvalue weighted by atomic mass is 10.2. The second-order valence-electron chi connectivity index (χ2n) is 2.70. The van der Waals surface area contributed by atoms with Crippen molar-refractivity contribution in [2.24, 2.45) is 0 Å². The molecule has 0 spiro atoms. The van der Waals surface area contributed by atoms with Crippen molar-refractivity contribution in [3.63, 3.8) is 0 Å². The fourth-order valence-electron chi connectivity index (χ4n) is 1.14. The van der Waals surface area contributed by atoms with Gasteiger partial charge in [-0.3, -0.25) is 0 Å². The van der Waals surface area contributed by atoms with E-state index >= 15 is 0 Å². The molecule has 0 saturated heterocycles. The summed E-state index contributed by atoms with van der Waals surface area (Å²) in [5, 5.41) is 0. The van der Waals surface area contributed by atoms with E-state index in [0.29, 0.717) is 9.39 Å². The molecule has 0 aliphatic carbocycles. The summed E-state index contributed by atoms with van der Waals surface area (Å²) < 4.78 is 13.9. The first-order valence-corrected chi connectivity index (χ1v) is 5.09. The zero-order chi connectivity index (χ0) is 9.97. The predicted molar refractivity (Wildman–Crippen MR) is 60.1 cm³/mol. The minimum absolute atomic E-state index is 0.297. The molecule has 0 aliphatic heterocycles. The van der Waals surface area contributed by atoms with Crippen molar-refractivity contribution in [3.05, 3.63) is 46.2 Å². The Hall–Kier alpha value is -1.04. The van der Waals surface area contributed by atoms with Gasteiger partial charge in [0.2, 0.25) is 5.95 Å². The van der Waals surface area contributed by atoms with Crippen LogP contribution < -0.4 is 0 Å². The van der Waals surface area contributed by atoms with E-state index < -0.39 is 5.95 Å². The molecule has 2 nitrogen and oxygen atoms in total. The van der Waals surface area contributed by atoms with Gasteiger partial charge in [0.1, 0.15) is 9.39 Å². The van der Waals surface area contributed by atoms with Crippen LogP contribution in [0.15, 0.2) is 36.5 Å². The zero-order valence-electron chi connectivity index (χ0n) is 7.11. The lowest BCUT2D eigenvalue weighted by Gasteiger charge is -2.00. The van der Waals surface area contributed by atoms with E-state index in [9.17, 15) is 4.39 Å². The van der Waals surface area contributed by atoms with Crippen LogP contribution in [0.3, 0.4) is 0 Å². The van der Waals surface area contributed by atoms with Gasteiger partial charge >= 0.3 is 0 Å². The summed E-state index contributed by atoms with van der Waals surface area (Å²) in [4.78, 5) is 7.71. The van der Waals surface area contributed by atoms with E-state index in [-0.39, 0.29) is 0 Å². The van der Waals surface area contributed by atoms with Crippen molar-refractivity contribution in [2.75, 3.05) is 0 Å². The molecule has 0 unspecified atom stereocenters. The maximum atomic E-state index is 13.4. The van der Waals surface area contributed by atoms with E-state index in [1.165, 1.54) is 0 Å². The number of nitrogens with zero attached hydrogens (tertiary/aromatic N) is 2. The highest BCUT2D eigenvalue weighted by molar-refractivity contribution is 14.1. The number of hydrogen-bond donors (Lipinski definition) is 0. The van der Waals surface area contributed by atoms with Crippen molar-refractivity contribution >= 4 is 22.6 Å². The Morgan fingerprint density at radius 3 is 2.50 bits per heavy atom. The van der Waals surface area contributed by atoms with Crippen molar-refractivity contribution < 1.29 is 4.39 Å². The molecular formula is C10H6FIN2. The van der Waals surface area contributed by atoms with Crippen LogP contribution in [0.1, 0.15) is 0 Å². The predicted octanol–water partition coefficient (Wildman–Crippen LogP) is 2.89.